The Morgan fingerprint density at radius 2 is 2.18 bits per heavy atom. The van der Waals surface area contributed by atoms with Crippen LogP contribution in [0.25, 0.3) is 0 Å². The number of nitrogens with zero attached hydrogens (tertiary/aromatic N) is 2. The molecule has 0 aliphatic carbocycles. The Bertz CT molecular complexity index is 359. The van der Waals surface area contributed by atoms with Crippen molar-refractivity contribution in [1.82, 2.24) is 9.80 Å². The van der Waals surface area contributed by atoms with Gasteiger partial charge >= 0.3 is 5.97 Å². The molecule has 0 radical (unpaired) electrons. The average molecular weight is 254 g/mol. The number of aliphatic carboxylic acids is 1. The fourth-order valence-corrected chi connectivity index (χ4v) is 2.93. The van der Waals surface area contributed by atoms with Crippen molar-refractivity contribution in [2.24, 2.45) is 0 Å². The molecule has 5 heteroatoms. The van der Waals surface area contributed by atoms with Crippen LogP contribution < -0.4 is 0 Å². The first kappa shape index (κ1) is 12.5. The third kappa shape index (κ3) is 3.28. The average Bonchev–Trinajstić information content (AvgIpc) is 2.80. The second-order valence-corrected chi connectivity index (χ2v) is 5.29. The van der Waals surface area contributed by atoms with E-state index in [1.54, 1.807) is 11.3 Å². The van der Waals surface area contributed by atoms with Crippen molar-refractivity contribution in [2.45, 2.75) is 12.5 Å². The van der Waals surface area contributed by atoms with Gasteiger partial charge in [-0.3, -0.25) is 9.69 Å². The van der Waals surface area contributed by atoms with Gasteiger partial charge in [0.05, 0.1) is 6.42 Å². The van der Waals surface area contributed by atoms with Gasteiger partial charge in [-0.05, 0) is 29.4 Å². The van der Waals surface area contributed by atoms with Crippen molar-refractivity contribution >= 4 is 17.3 Å². The van der Waals surface area contributed by atoms with Crippen LogP contribution in [0.1, 0.15) is 18.0 Å². The van der Waals surface area contributed by atoms with Crippen LogP contribution in [-0.4, -0.2) is 54.1 Å². The second-order valence-electron chi connectivity index (χ2n) is 4.51. The highest BCUT2D eigenvalue weighted by Gasteiger charge is 2.25. The van der Waals surface area contributed by atoms with E-state index < -0.39 is 5.97 Å². The Kier molecular flexibility index (Phi) is 4.15. The number of piperazine rings is 1. The van der Waals surface area contributed by atoms with Crippen molar-refractivity contribution in [2.75, 3.05) is 33.2 Å². The Labute approximate surface area is 105 Å². The molecule has 1 aromatic heterocycles. The van der Waals surface area contributed by atoms with E-state index in [0.717, 1.165) is 31.7 Å². The molecule has 0 bridgehead atoms. The van der Waals surface area contributed by atoms with Crippen LogP contribution in [0.4, 0.5) is 0 Å². The summed E-state index contributed by atoms with van der Waals surface area (Å²) < 4.78 is 0. The minimum absolute atomic E-state index is 0.0347. The molecule has 0 aromatic carbocycles. The van der Waals surface area contributed by atoms with Gasteiger partial charge in [-0.25, -0.2) is 0 Å². The third-order valence-corrected chi connectivity index (χ3v) is 3.98. The number of carboxylic acid groups (broad SMARTS) is 1. The summed E-state index contributed by atoms with van der Waals surface area (Å²) in [6.07, 6.45) is 0.195. The first-order valence-electron chi connectivity index (χ1n) is 5.83. The highest BCUT2D eigenvalue weighted by molar-refractivity contribution is 7.07. The maximum Gasteiger partial charge on any atom is 0.305 e. The van der Waals surface area contributed by atoms with Gasteiger partial charge in [0.2, 0.25) is 0 Å². The zero-order valence-corrected chi connectivity index (χ0v) is 10.8. The SMILES string of the molecule is CN1CCN(C(CC(=O)O)c2ccsc2)CC1. The first-order chi connectivity index (χ1) is 8.16. The van der Waals surface area contributed by atoms with Gasteiger partial charge < -0.3 is 10.0 Å². The molecule has 1 aliphatic rings. The first-order valence-corrected chi connectivity index (χ1v) is 6.77. The number of hydrogen-bond donors (Lipinski definition) is 1. The summed E-state index contributed by atoms with van der Waals surface area (Å²) in [6.45, 7) is 3.93. The molecule has 1 aromatic rings. The quantitative estimate of drug-likeness (QED) is 0.884. The lowest BCUT2D eigenvalue weighted by Crippen LogP contribution is -2.46. The third-order valence-electron chi connectivity index (χ3n) is 3.27. The summed E-state index contributed by atoms with van der Waals surface area (Å²) in [5.41, 5.74) is 1.14. The molecule has 1 saturated heterocycles. The van der Waals surface area contributed by atoms with Crippen LogP contribution in [0.15, 0.2) is 16.8 Å². The van der Waals surface area contributed by atoms with Gasteiger partial charge in [0, 0.05) is 32.2 Å². The maximum absolute atomic E-state index is 11.0. The number of likely N-dealkylation sites (N-methyl/N-ethyl adjacent to an activating group) is 1. The minimum atomic E-state index is -0.722. The van der Waals surface area contributed by atoms with E-state index in [4.69, 9.17) is 5.11 Å². The van der Waals surface area contributed by atoms with Crippen LogP contribution >= 0.6 is 11.3 Å². The smallest absolute Gasteiger partial charge is 0.305 e. The van der Waals surface area contributed by atoms with Gasteiger partial charge in [-0.15, -0.1) is 0 Å². The lowest BCUT2D eigenvalue weighted by Gasteiger charge is -2.37. The largest absolute Gasteiger partial charge is 0.481 e. The summed E-state index contributed by atoms with van der Waals surface area (Å²) in [5.74, 6) is -0.722. The van der Waals surface area contributed by atoms with Crippen LogP contribution in [0.2, 0.25) is 0 Å². The summed E-state index contributed by atoms with van der Waals surface area (Å²) in [5, 5.41) is 13.1. The van der Waals surface area contributed by atoms with Crippen LogP contribution in [-0.2, 0) is 4.79 Å². The molecule has 0 amide bonds. The van der Waals surface area contributed by atoms with Crippen LogP contribution in [0.5, 0.6) is 0 Å². The molecule has 2 heterocycles. The van der Waals surface area contributed by atoms with E-state index in [0.29, 0.717) is 0 Å². The van der Waals surface area contributed by atoms with E-state index in [9.17, 15) is 4.79 Å². The Hall–Kier alpha value is -0.910. The number of hydrogen-bond acceptors (Lipinski definition) is 4. The molecule has 0 spiro atoms. The highest BCUT2D eigenvalue weighted by atomic mass is 32.1. The molecule has 1 fully saturated rings. The highest BCUT2D eigenvalue weighted by Crippen LogP contribution is 2.27. The van der Waals surface area contributed by atoms with Gasteiger partial charge in [-0.1, -0.05) is 0 Å². The number of carboxylic acids is 1. The van der Waals surface area contributed by atoms with Crippen molar-refractivity contribution < 1.29 is 9.90 Å². The zero-order valence-electron chi connectivity index (χ0n) is 10.0. The van der Waals surface area contributed by atoms with Gasteiger partial charge in [0.25, 0.3) is 0 Å². The lowest BCUT2D eigenvalue weighted by atomic mass is 10.0. The number of carbonyl (C=O) groups is 1. The van der Waals surface area contributed by atoms with Crippen molar-refractivity contribution in [1.29, 1.82) is 0 Å². The predicted octanol–water partition coefficient (Wildman–Crippen LogP) is 1.51. The van der Waals surface area contributed by atoms with Crippen LogP contribution in [0, 0.1) is 0 Å². The fourth-order valence-electron chi connectivity index (χ4n) is 2.22. The number of rotatable bonds is 4. The van der Waals surface area contributed by atoms with Crippen LogP contribution in [0.3, 0.4) is 0 Å². The van der Waals surface area contributed by atoms with E-state index in [1.807, 2.05) is 11.4 Å². The molecule has 2 rings (SSSR count). The summed E-state index contributed by atoms with van der Waals surface area (Å²) in [7, 11) is 2.11. The van der Waals surface area contributed by atoms with E-state index in [-0.39, 0.29) is 12.5 Å². The standard InChI is InChI=1S/C12H18N2O2S/c1-13-3-5-14(6-4-13)11(8-12(15)16)10-2-7-17-9-10/h2,7,9,11H,3-6,8H2,1H3,(H,15,16). The fraction of sp³-hybridized carbons (Fsp3) is 0.583. The minimum Gasteiger partial charge on any atom is -0.481 e. The van der Waals surface area contributed by atoms with Gasteiger partial charge in [-0.2, -0.15) is 11.3 Å². The molecule has 1 aliphatic heterocycles. The molecule has 1 atom stereocenters. The van der Waals surface area contributed by atoms with Gasteiger partial charge in [0.15, 0.2) is 0 Å². The second kappa shape index (κ2) is 5.62. The maximum atomic E-state index is 11.0. The molecule has 1 N–H and O–H groups in total. The molecular weight excluding hydrogens is 236 g/mol. The zero-order chi connectivity index (χ0) is 12.3. The van der Waals surface area contributed by atoms with Crippen molar-refractivity contribution in [3.63, 3.8) is 0 Å². The van der Waals surface area contributed by atoms with Crippen molar-refractivity contribution in [3.8, 4) is 0 Å². The number of thiophene rings is 1. The lowest BCUT2D eigenvalue weighted by molar-refractivity contribution is -0.138. The summed E-state index contributed by atoms with van der Waals surface area (Å²) in [4.78, 5) is 15.5. The molecule has 17 heavy (non-hydrogen) atoms. The Morgan fingerprint density at radius 3 is 2.71 bits per heavy atom. The Balaban J connectivity index is 2.07. The summed E-state index contributed by atoms with van der Waals surface area (Å²) >= 11 is 1.63. The molecule has 4 nitrogen and oxygen atoms in total. The van der Waals surface area contributed by atoms with E-state index in [2.05, 4.69) is 22.2 Å². The molecular formula is C12H18N2O2S. The predicted molar refractivity (Wildman–Crippen MR) is 68.4 cm³/mol. The Morgan fingerprint density at radius 1 is 1.47 bits per heavy atom. The van der Waals surface area contributed by atoms with E-state index in [1.165, 1.54) is 0 Å². The van der Waals surface area contributed by atoms with Gasteiger partial charge in [0.1, 0.15) is 0 Å². The van der Waals surface area contributed by atoms with Crippen molar-refractivity contribution in [3.05, 3.63) is 22.4 Å². The summed E-state index contributed by atoms with van der Waals surface area (Å²) in [6, 6.07) is 2.07. The van der Waals surface area contributed by atoms with E-state index >= 15 is 0 Å². The normalized spacial score (nSPS) is 20.3. The molecule has 94 valence electrons. The monoisotopic (exact) mass is 254 g/mol. The molecule has 0 saturated carbocycles. The molecule has 1 unspecified atom stereocenters. The topological polar surface area (TPSA) is 43.8 Å².